The zero-order valence-corrected chi connectivity index (χ0v) is 11.0. The molecule has 0 fully saturated rings. The molecular formula is C10H9Cl2N7. The molecule has 2 rings (SSSR count). The molecule has 9 heteroatoms. The van der Waals surface area contributed by atoms with Gasteiger partial charge in [0.1, 0.15) is 0 Å². The third-order valence-electron chi connectivity index (χ3n) is 2.07. The fraction of sp³-hybridized carbons (Fsp3) is 0. The zero-order valence-electron chi connectivity index (χ0n) is 9.51. The highest BCUT2D eigenvalue weighted by Crippen LogP contribution is 2.30. The van der Waals surface area contributed by atoms with E-state index in [1.165, 1.54) is 0 Å². The average Bonchev–Trinajstić information content (AvgIpc) is 2.25. The van der Waals surface area contributed by atoms with Crippen molar-refractivity contribution in [3.05, 3.63) is 28.2 Å². The molecule has 0 saturated heterocycles. The summed E-state index contributed by atoms with van der Waals surface area (Å²) in [6, 6.07) is 4.75. The van der Waals surface area contributed by atoms with Crippen LogP contribution in [-0.4, -0.2) is 9.97 Å². The van der Waals surface area contributed by atoms with Crippen molar-refractivity contribution in [1.82, 2.24) is 9.97 Å². The molecule has 0 bridgehead atoms. The normalized spacial score (nSPS) is 11.1. The first kappa shape index (κ1) is 13.3. The van der Waals surface area contributed by atoms with Crippen molar-refractivity contribution < 1.29 is 0 Å². The number of nitrogens with two attached hydrogens (primary N) is 3. The van der Waals surface area contributed by atoms with Gasteiger partial charge in [-0.3, -0.25) is 0 Å². The van der Waals surface area contributed by atoms with Crippen molar-refractivity contribution in [2.75, 3.05) is 17.2 Å². The molecule has 1 aromatic carbocycles. The van der Waals surface area contributed by atoms with Crippen molar-refractivity contribution in [1.29, 1.82) is 0 Å². The number of benzene rings is 1. The second-order valence-electron chi connectivity index (χ2n) is 3.53. The van der Waals surface area contributed by atoms with Crippen LogP contribution in [0.4, 0.5) is 29.0 Å². The summed E-state index contributed by atoms with van der Waals surface area (Å²) < 4.78 is 0. The van der Waals surface area contributed by atoms with Crippen molar-refractivity contribution in [2.45, 2.75) is 0 Å². The number of rotatable bonds is 2. The van der Waals surface area contributed by atoms with E-state index in [-0.39, 0.29) is 23.3 Å². The number of hydrogen-bond donors (Lipinski definition) is 3. The Morgan fingerprint density at radius 3 is 1.89 bits per heavy atom. The van der Waals surface area contributed by atoms with Crippen LogP contribution < -0.4 is 17.2 Å². The lowest BCUT2D eigenvalue weighted by atomic mass is 10.3. The molecule has 19 heavy (non-hydrogen) atoms. The van der Waals surface area contributed by atoms with Gasteiger partial charge in [0.25, 0.3) is 0 Å². The highest BCUT2D eigenvalue weighted by molar-refractivity contribution is 6.35. The van der Waals surface area contributed by atoms with Gasteiger partial charge in [0.15, 0.2) is 17.3 Å². The summed E-state index contributed by atoms with van der Waals surface area (Å²) in [5, 5.41) is 8.68. The molecule has 0 aliphatic carbocycles. The van der Waals surface area contributed by atoms with Crippen LogP contribution in [0.15, 0.2) is 28.4 Å². The predicted molar refractivity (Wildman–Crippen MR) is 75.9 cm³/mol. The number of anilines is 3. The van der Waals surface area contributed by atoms with Crippen molar-refractivity contribution in [3.63, 3.8) is 0 Å². The first-order valence-corrected chi connectivity index (χ1v) is 5.77. The number of nitrogens with zero attached hydrogens (tertiary/aromatic N) is 4. The fourth-order valence-corrected chi connectivity index (χ4v) is 1.83. The summed E-state index contributed by atoms with van der Waals surface area (Å²) in [6.45, 7) is 0. The zero-order chi connectivity index (χ0) is 14.0. The Morgan fingerprint density at radius 2 is 1.37 bits per heavy atom. The van der Waals surface area contributed by atoms with Crippen LogP contribution in [0.1, 0.15) is 0 Å². The van der Waals surface area contributed by atoms with Crippen LogP contribution >= 0.6 is 23.2 Å². The Kier molecular flexibility index (Phi) is 3.68. The molecule has 0 spiro atoms. The number of aromatic nitrogens is 2. The van der Waals surface area contributed by atoms with Crippen LogP contribution in [0.2, 0.25) is 10.0 Å². The molecule has 6 N–H and O–H groups in total. The van der Waals surface area contributed by atoms with Crippen molar-refractivity contribution in [3.8, 4) is 0 Å². The number of halogens is 2. The second-order valence-corrected chi connectivity index (χ2v) is 4.40. The highest BCUT2D eigenvalue weighted by Gasteiger charge is 2.08. The lowest BCUT2D eigenvalue weighted by Crippen LogP contribution is -2.03. The quantitative estimate of drug-likeness (QED) is 0.734. The first-order valence-electron chi connectivity index (χ1n) is 5.02. The van der Waals surface area contributed by atoms with Crippen LogP contribution in [0.25, 0.3) is 0 Å². The second kappa shape index (κ2) is 5.25. The monoisotopic (exact) mass is 297 g/mol. The van der Waals surface area contributed by atoms with E-state index in [1.807, 2.05) is 0 Å². The predicted octanol–water partition coefficient (Wildman–Crippen LogP) is 2.95. The van der Waals surface area contributed by atoms with E-state index < -0.39 is 0 Å². The van der Waals surface area contributed by atoms with Gasteiger partial charge >= 0.3 is 0 Å². The fourth-order valence-electron chi connectivity index (χ4n) is 1.32. The Balaban J connectivity index is 2.38. The molecular weight excluding hydrogens is 289 g/mol. The molecule has 1 heterocycles. The SMILES string of the molecule is Nc1nc(N)c(N=Nc2cc(Cl)cc(Cl)c2)c(N)n1. The number of azo groups is 1. The molecule has 7 nitrogen and oxygen atoms in total. The average molecular weight is 298 g/mol. The van der Waals surface area contributed by atoms with Gasteiger partial charge in [0.05, 0.1) is 5.69 Å². The molecule has 0 saturated carbocycles. The van der Waals surface area contributed by atoms with Gasteiger partial charge in [-0.25, -0.2) is 0 Å². The summed E-state index contributed by atoms with van der Waals surface area (Å²) in [4.78, 5) is 7.48. The van der Waals surface area contributed by atoms with Gasteiger partial charge < -0.3 is 17.2 Å². The highest BCUT2D eigenvalue weighted by atomic mass is 35.5. The summed E-state index contributed by atoms with van der Waals surface area (Å²) in [6.07, 6.45) is 0. The smallest absolute Gasteiger partial charge is 0.224 e. The minimum absolute atomic E-state index is 0.0280. The molecule has 0 aliphatic rings. The molecule has 98 valence electrons. The van der Waals surface area contributed by atoms with Crippen LogP contribution in [0.3, 0.4) is 0 Å². The van der Waals surface area contributed by atoms with E-state index in [9.17, 15) is 0 Å². The Morgan fingerprint density at radius 1 is 0.842 bits per heavy atom. The summed E-state index contributed by atoms with van der Waals surface area (Å²) >= 11 is 11.7. The minimum Gasteiger partial charge on any atom is -0.382 e. The lowest BCUT2D eigenvalue weighted by molar-refractivity contribution is 1.15. The number of hydrogen-bond acceptors (Lipinski definition) is 7. The maximum absolute atomic E-state index is 5.84. The van der Waals surface area contributed by atoms with Gasteiger partial charge in [-0.2, -0.15) is 15.1 Å². The Bertz CT molecular complexity index is 613. The van der Waals surface area contributed by atoms with Gasteiger partial charge in [-0.05, 0) is 18.2 Å². The molecule has 0 atom stereocenters. The van der Waals surface area contributed by atoms with E-state index in [4.69, 9.17) is 40.4 Å². The molecule has 0 amide bonds. The van der Waals surface area contributed by atoms with E-state index >= 15 is 0 Å². The summed E-state index contributed by atoms with van der Waals surface area (Å²) in [7, 11) is 0. The summed E-state index contributed by atoms with van der Waals surface area (Å²) in [5.41, 5.74) is 17.2. The van der Waals surface area contributed by atoms with E-state index in [1.54, 1.807) is 18.2 Å². The van der Waals surface area contributed by atoms with Gasteiger partial charge in [-0.1, -0.05) is 23.2 Å². The largest absolute Gasteiger partial charge is 0.382 e. The molecule has 1 aromatic heterocycles. The molecule has 0 unspecified atom stereocenters. The van der Waals surface area contributed by atoms with E-state index in [0.29, 0.717) is 15.7 Å². The molecule has 2 aromatic rings. The van der Waals surface area contributed by atoms with Crippen LogP contribution in [0.5, 0.6) is 0 Å². The van der Waals surface area contributed by atoms with Crippen molar-refractivity contribution in [2.24, 2.45) is 10.2 Å². The molecule has 0 aliphatic heterocycles. The number of nitrogen functional groups attached to an aromatic ring is 3. The van der Waals surface area contributed by atoms with Crippen LogP contribution in [0, 0.1) is 0 Å². The maximum Gasteiger partial charge on any atom is 0.224 e. The van der Waals surface area contributed by atoms with Crippen LogP contribution in [-0.2, 0) is 0 Å². The Labute approximate surface area is 118 Å². The Hall–Kier alpha value is -2.12. The topological polar surface area (TPSA) is 129 Å². The molecule has 0 radical (unpaired) electrons. The first-order chi connectivity index (χ1) is 8.95. The third kappa shape index (κ3) is 3.21. The van der Waals surface area contributed by atoms with Gasteiger partial charge in [0.2, 0.25) is 5.95 Å². The maximum atomic E-state index is 5.84. The third-order valence-corrected chi connectivity index (χ3v) is 2.50. The summed E-state index contributed by atoms with van der Waals surface area (Å²) in [5.74, 6) is 0.0588. The van der Waals surface area contributed by atoms with Gasteiger partial charge in [0, 0.05) is 10.0 Å². The van der Waals surface area contributed by atoms with Crippen molar-refractivity contribution >= 4 is 52.2 Å². The minimum atomic E-state index is -0.0280. The standard InChI is InChI=1S/C10H9Cl2N7/c11-4-1-5(12)3-6(2-4)18-19-7-8(13)16-10(15)17-9(7)14/h1-3H,(H6,13,14,15,16,17). The van der Waals surface area contributed by atoms with Gasteiger partial charge in [-0.15, -0.1) is 5.11 Å². The lowest BCUT2D eigenvalue weighted by Gasteiger charge is -2.02. The van der Waals surface area contributed by atoms with E-state index in [0.717, 1.165) is 0 Å². The van der Waals surface area contributed by atoms with E-state index in [2.05, 4.69) is 20.2 Å².